The Morgan fingerprint density at radius 3 is 2.11 bits per heavy atom. The monoisotopic (exact) mass is 262 g/mol. The van der Waals surface area contributed by atoms with E-state index in [1.165, 1.54) is 0 Å². The molecule has 0 saturated carbocycles. The molecule has 3 nitrogen and oxygen atoms in total. The van der Waals surface area contributed by atoms with Crippen molar-refractivity contribution in [2.45, 2.75) is 46.7 Å². The van der Waals surface area contributed by atoms with Crippen LogP contribution in [0.25, 0.3) is 0 Å². The topological polar surface area (TPSA) is 55.1 Å². The van der Waals surface area contributed by atoms with Crippen LogP contribution in [-0.2, 0) is 4.79 Å². The molecular formula is C16H26N2O. The zero-order chi connectivity index (χ0) is 14.6. The molecule has 0 fully saturated rings. The van der Waals surface area contributed by atoms with Crippen molar-refractivity contribution in [2.75, 3.05) is 0 Å². The van der Waals surface area contributed by atoms with Gasteiger partial charge in [-0.2, -0.15) is 0 Å². The minimum Gasteiger partial charge on any atom is -0.347 e. The highest BCUT2D eigenvalue weighted by molar-refractivity contribution is 5.82. The third-order valence-corrected chi connectivity index (χ3v) is 3.31. The lowest BCUT2D eigenvalue weighted by molar-refractivity contribution is -0.124. The molecule has 1 amide bonds. The lowest BCUT2D eigenvalue weighted by atomic mass is 9.82. The molecule has 1 aromatic rings. The number of carbonyl (C=O) groups excluding carboxylic acids is 1. The smallest absolute Gasteiger partial charge is 0.237 e. The van der Waals surface area contributed by atoms with Gasteiger partial charge in [0.25, 0.3) is 0 Å². The molecule has 19 heavy (non-hydrogen) atoms. The highest BCUT2D eigenvalue weighted by atomic mass is 16.2. The van der Waals surface area contributed by atoms with E-state index in [2.05, 4.69) is 26.1 Å². The molecule has 0 heterocycles. The Balaban J connectivity index is 2.93. The number of nitrogens with two attached hydrogens (primary N) is 1. The van der Waals surface area contributed by atoms with E-state index in [1.54, 1.807) is 0 Å². The fourth-order valence-electron chi connectivity index (χ4n) is 1.99. The number of benzene rings is 1. The van der Waals surface area contributed by atoms with Gasteiger partial charge in [0.2, 0.25) is 5.91 Å². The number of amides is 1. The van der Waals surface area contributed by atoms with Crippen LogP contribution in [0.2, 0.25) is 0 Å². The second-order valence-electron chi connectivity index (χ2n) is 6.49. The van der Waals surface area contributed by atoms with Crippen molar-refractivity contribution in [3.05, 3.63) is 35.9 Å². The van der Waals surface area contributed by atoms with Gasteiger partial charge in [-0.15, -0.1) is 0 Å². The average molecular weight is 262 g/mol. The highest BCUT2D eigenvalue weighted by Gasteiger charge is 2.29. The van der Waals surface area contributed by atoms with Crippen molar-refractivity contribution >= 4 is 5.91 Å². The van der Waals surface area contributed by atoms with Crippen molar-refractivity contribution in [3.63, 3.8) is 0 Å². The maximum absolute atomic E-state index is 12.2. The quantitative estimate of drug-likeness (QED) is 0.876. The Morgan fingerprint density at radius 2 is 1.68 bits per heavy atom. The number of hydrogen-bond acceptors (Lipinski definition) is 2. The number of carbonyl (C=O) groups is 1. The second-order valence-corrected chi connectivity index (χ2v) is 6.49. The van der Waals surface area contributed by atoms with Crippen LogP contribution in [0.4, 0.5) is 0 Å². The largest absolute Gasteiger partial charge is 0.347 e. The van der Waals surface area contributed by atoms with Crippen LogP contribution < -0.4 is 11.1 Å². The summed E-state index contributed by atoms with van der Waals surface area (Å²) in [6.45, 7) is 10.3. The van der Waals surface area contributed by atoms with Crippen LogP contribution in [0.1, 0.15) is 46.2 Å². The maximum Gasteiger partial charge on any atom is 0.237 e. The Morgan fingerprint density at radius 1 is 1.16 bits per heavy atom. The minimum absolute atomic E-state index is 0.0361. The van der Waals surface area contributed by atoms with E-state index in [9.17, 15) is 4.79 Å². The number of nitrogens with one attached hydrogen (secondary N) is 1. The van der Waals surface area contributed by atoms with Crippen molar-refractivity contribution < 1.29 is 4.79 Å². The second kappa shape index (κ2) is 6.20. The first kappa shape index (κ1) is 15.7. The van der Waals surface area contributed by atoms with E-state index in [1.807, 2.05) is 44.2 Å². The molecule has 3 heteroatoms. The Labute approximate surface area is 116 Å². The lowest BCUT2D eigenvalue weighted by Crippen LogP contribution is -2.47. The zero-order valence-electron chi connectivity index (χ0n) is 12.6. The molecule has 2 atom stereocenters. The Hall–Kier alpha value is -1.35. The molecule has 1 aromatic carbocycles. The first-order valence-electron chi connectivity index (χ1n) is 6.84. The van der Waals surface area contributed by atoms with Crippen LogP contribution in [0.5, 0.6) is 0 Å². The first-order valence-corrected chi connectivity index (χ1v) is 6.84. The van der Waals surface area contributed by atoms with E-state index < -0.39 is 6.04 Å². The number of rotatable bonds is 4. The van der Waals surface area contributed by atoms with Gasteiger partial charge in [-0.1, -0.05) is 65.0 Å². The predicted molar refractivity (Wildman–Crippen MR) is 79.6 cm³/mol. The van der Waals surface area contributed by atoms with Crippen LogP contribution >= 0.6 is 0 Å². The summed E-state index contributed by atoms with van der Waals surface area (Å²) in [7, 11) is 0. The third kappa shape index (κ3) is 4.35. The first-order chi connectivity index (χ1) is 8.73. The average Bonchev–Trinajstić information content (AvgIpc) is 2.34. The molecule has 0 spiro atoms. The molecule has 3 N–H and O–H groups in total. The maximum atomic E-state index is 12.2. The van der Waals surface area contributed by atoms with Gasteiger partial charge >= 0.3 is 0 Å². The summed E-state index contributed by atoms with van der Waals surface area (Å²) in [5, 5.41) is 3.09. The summed E-state index contributed by atoms with van der Waals surface area (Å²) in [6, 6.07) is 9.53. The SMILES string of the molecule is CC(C)[C@H](N)C(=O)NC(c1ccccc1)C(C)(C)C. The van der Waals surface area contributed by atoms with Gasteiger partial charge in [0, 0.05) is 0 Å². The molecule has 1 rings (SSSR count). The Bertz CT molecular complexity index is 407. The van der Waals surface area contributed by atoms with Crippen molar-refractivity contribution in [2.24, 2.45) is 17.1 Å². The standard InChI is InChI=1S/C16H26N2O/c1-11(2)13(17)15(19)18-14(16(3,4)5)12-9-7-6-8-10-12/h6-11,13-14H,17H2,1-5H3,(H,18,19)/t13-,14?/m0/s1. The molecule has 1 unspecified atom stereocenters. The van der Waals surface area contributed by atoms with E-state index in [0.717, 1.165) is 5.56 Å². The van der Waals surface area contributed by atoms with Crippen LogP contribution in [0.3, 0.4) is 0 Å². The normalized spacial score (nSPS) is 15.1. The summed E-state index contributed by atoms with van der Waals surface area (Å²) in [4.78, 5) is 12.2. The third-order valence-electron chi connectivity index (χ3n) is 3.31. The van der Waals surface area contributed by atoms with Crippen molar-refractivity contribution in [1.29, 1.82) is 0 Å². The van der Waals surface area contributed by atoms with Crippen molar-refractivity contribution in [1.82, 2.24) is 5.32 Å². The summed E-state index contributed by atoms with van der Waals surface area (Å²) in [6.07, 6.45) is 0. The van der Waals surface area contributed by atoms with Gasteiger partial charge in [0.15, 0.2) is 0 Å². The molecule has 0 aliphatic rings. The summed E-state index contributed by atoms with van der Waals surface area (Å²) < 4.78 is 0. The lowest BCUT2D eigenvalue weighted by Gasteiger charge is -2.33. The molecule has 0 saturated heterocycles. The highest BCUT2D eigenvalue weighted by Crippen LogP contribution is 2.32. The Kier molecular flexibility index (Phi) is 5.12. The summed E-state index contributed by atoms with van der Waals surface area (Å²) >= 11 is 0. The molecule has 0 aliphatic carbocycles. The minimum atomic E-state index is -0.464. The molecule has 0 aromatic heterocycles. The van der Waals surface area contributed by atoms with Crippen LogP contribution in [0.15, 0.2) is 30.3 Å². The van der Waals surface area contributed by atoms with Crippen LogP contribution in [0, 0.1) is 11.3 Å². The summed E-state index contributed by atoms with van der Waals surface area (Å²) in [5.74, 6) is 0.0511. The van der Waals surface area contributed by atoms with Gasteiger partial charge in [-0.25, -0.2) is 0 Å². The van der Waals surface area contributed by atoms with E-state index in [-0.39, 0.29) is 23.3 Å². The molecule has 0 bridgehead atoms. The predicted octanol–water partition coefficient (Wildman–Crippen LogP) is 2.87. The fourth-order valence-corrected chi connectivity index (χ4v) is 1.99. The van der Waals surface area contributed by atoms with Gasteiger partial charge in [0.1, 0.15) is 0 Å². The molecule has 106 valence electrons. The molecular weight excluding hydrogens is 236 g/mol. The van der Waals surface area contributed by atoms with E-state index >= 15 is 0 Å². The van der Waals surface area contributed by atoms with Crippen LogP contribution in [-0.4, -0.2) is 11.9 Å². The van der Waals surface area contributed by atoms with Gasteiger partial charge in [-0.3, -0.25) is 4.79 Å². The van der Waals surface area contributed by atoms with Crippen molar-refractivity contribution in [3.8, 4) is 0 Å². The fraction of sp³-hybridized carbons (Fsp3) is 0.562. The molecule has 0 aliphatic heterocycles. The number of hydrogen-bond donors (Lipinski definition) is 2. The van der Waals surface area contributed by atoms with Gasteiger partial charge in [0.05, 0.1) is 12.1 Å². The van der Waals surface area contributed by atoms with Gasteiger partial charge < -0.3 is 11.1 Å². The van der Waals surface area contributed by atoms with E-state index in [4.69, 9.17) is 5.73 Å². The zero-order valence-corrected chi connectivity index (χ0v) is 12.6. The van der Waals surface area contributed by atoms with Gasteiger partial charge in [-0.05, 0) is 16.9 Å². The summed E-state index contributed by atoms with van der Waals surface area (Å²) in [5.41, 5.74) is 6.97. The molecule has 0 radical (unpaired) electrons. The van der Waals surface area contributed by atoms with E-state index in [0.29, 0.717) is 0 Å².